The summed E-state index contributed by atoms with van der Waals surface area (Å²) in [5.74, 6) is 0.294. The molecule has 0 heterocycles. The van der Waals surface area contributed by atoms with Crippen LogP contribution in [0.15, 0.2) is 41.4 Å². The van der Waals surface area contributed by atoms with Gasteiger partial charge in [0.05, 0.1) is 15.7 Å². The maximum absolute atomic E-state index is 11.6. The molecule has 0 saturated carbocycles. The van der Waals surface area contributed by atoms with Gasteiger partial charge in [-0.05, 0) is 50.3 Å². The fourth-order valence-electron chi connectivity index (χ4n) is 1.97. The molecular weight excluding hydrogens is 310 g/mol. The van der Waals surface area contributed by atoms with Gasteiger partial charge in [0.2, 0.25) is 0 Å². The van der Waals surface area contributed by atoms with Crippen LogP contribution in [0.3, 0.4) is 0 Å². The molecule has 0 aromatic heterocycles. The van der Waals surface area contributed by atoms with E-state index >= 15 is 0 Å². The first kappa shape index (κ1) is 15.6. The number of hydrogen-bond acceptors (Lipinski definition) is 1. The van der Waals surface area contributed by atoms with Crippen molar-refractivity contribution in [3.8, 4) is 0 Å². The smallest absolute Gasteiger partial charge is 0.0945 e. The van der Waals surface area contributed by atoms with E-state index in [1.165, 1.54) is 5.56 Å². The summed E-state index contributed by atoms with van der Waals surface area (Å²) in [5, 5.41) is 5.56. The van der Waals surface area contributed by atoms with Gasteiger partial charge in [0, 0.05) is 4.47 Å². The molecule has 0 aliphatic carbocycles. The lowest BCUT2D eigenvalue weighted by molar-refractivity contribution is 0.520. The zero-order chi connectivity index (χ0) is 13.8. The Kier molecular flexibility index (Phi) is 5.76. The zero-order valence-electron chi connectivity index (χ0n) is 10.9. The van der Waals surface area contributed by atoms with Crippen LogP contribution in [-0.4, -0.2) is 8.96 Å². The molecule has 1 rings (SSSR count). The minimum Gasteiger partial charge on any atom is -0.251 e. The van der Waals surface area contributed by atoms with E-state index in [4.69, 9.17) is 5.14 Å². The van der Waals surface area contributed by atoms with Gasteiger partial charge in [-0.15, -0.1) is 6.58 Å². The number of halogens is 1. The highest BCUT2D eigenvalue weighted by atomic mass is 79.9. The first-order valence-electron chi connectivity index (χ1n) is 5.89. The van der Waals surface area contributed by atoms with Gasteiger partial charge < -0.3 is 0 Å². The second kappa shape index (κ2) is 6.64. The quantitative estimate of drug-likeness (QED) is 0.790. The molecule has 2 atom stereocenters. The molecule has 0 aliphatic heterocycles. The van der Waals surface area contributed by atoms with Gasteiger partial charge in [0.1, 0.15) is 0 Å². The fraction of sp³-hybridized carbons (Fsp3) is 0.429. The summed E-state index contributed by atoms with van der Waals surface area (Å²) in [6.07, 6.45) is 3.54. The van der Waals surface area contributed by atoms with Crippen molar-refractivity contribution in [2.24, 2.45) is 5.14 Å². The topological polar surface area (TPSA) is 43.1 Å². The lowest BCUT2D eigenvalue weighted by atomic mass is 9.87. The average molecular weight is 330 g/mol. The summed E-state index contributed by atoms with van der Waals surface area (Å²) in [4.78, 5) is 0. The third-order valence-corrected chi connectivity index (χ3v) is 4.80. The molecule has 0 radical (unpaired) electrons. The first-order chi connectivity index (χ1) is 8.36. The highest BCUT2D eigenvalue weighted by Crippen LogP contribution is 2.32. The molecule has 0 fully saturated rings. The zero-order valence-corrected chi connectivity index (χ0v) is 13.3. The third-order valence-electron chi connectivity index (χ3n) is 3.05. The maximum Gasteiger partial charge on any atom is 0.0945 e. The van der Waals surface area contributed by atoms with Crippen molar-refractivity contribution in [1.82, 2.24) is 0 Å². The number of rotatable bonds is 6. The van der Waals surface area contributed by atoms with Crippen LogP contribution >= 0.6 is 15.9 Å². The van der Waals surface area contributed by atoms with Crippen molar-refractivity contribution in [2.75, 3.05) is 0 Å². The van der Waals surface area contributed by atoms with Crippen molar-refractivity contribution in [2.45, 2.75) is 37.4 Å². The third kappa shape index (κ3) is 4.34. The Bertz CT molecular complexity index is 445. The summed E-state index contributed by atoms with van der Waals surface area (Å²) in [6.45, 7) is 7.69. The summed E-state index contributed by atoms with van der Waals surface area (Å²) in [5.41, 5.74) is 1.22. The fourth-order valence-corrected chi connectivity index (χ4v) is 2.76. The van der Waals surface area contributed by atoms with Gasteiger partial charge in [-0.2, -0.15) is 0 Å². The predicted molar refractivity (Wildman–Crippen MR) is 82.7 cm³/mol. The summed E-state index contributed by atoms with van der Waals surface area (Å²) < 4.78 is 12.2. The lowest BCUT2D eigenvalue weighted by Crippen LogP contribution is -2.33. The van der Waals surface area contributed by atoms with Gasteiger partial charge in [-0.1, -0.05) is 34.1 Å². The first-order valence-corrected chi connectivity index (χ1v) is 7.90. The van der Waals surface area contributed by atoms with Crippen molar-refractivity contribution in [3.63, 3.8) is 0 Å². The Morgan fingerprint density at radius 3 is 2.72 bits per heavy atom. The minimum absolute atomic E-state index is 0.294. The molecule has 1 aromatic carbocycles. The van der Waals surface area contributed by atoms with Crippen molar-refractivity contribution < 1.29 is 4.21 Å². The molecule has 100 valence electrons. The van der Waals surface area contributed by atoms with Crippen molar-refractivity contribution in [3.05, 3.63) is 47.0 Å². The SMILES string of the molecule is C=CC[C@@H](CC(C)(C)S(N)=O)c1cccc(Br)c1. The van der Waals surface area contributed by atoms with E-state index in [1.807, 2.05) is 32.1 Å². The van der Waals surface area contributed by atoms with E-state index < -0.39 is 15.7 Å². The highest BCUT2D eigenvalue weighted by molar-refractivity contribution is 9.10. The van der Waals surface area contributed by atoms with E-state index in [-0.39, 0.29) is 0 Å². The molecule has 1 aromatic rings. The second-order valence-corrected chi connectivity index (χ2v) is 7.65. The largest absolute Gasteiger partial charge is 0.251 e. The van der Waals surface area contributed by atoms with Crippen LogP contribution in [0.1, 0.15) is 38.2 Å². The molecule has 2 nitrogen and oxygen atoms in total. The van der Waals surface area contributed by atoms with Gasteiger partial charge in [0.25, 0.3) is 0 Å². The van der Waals surface area contributed by atoms with Crippen LogP contribution in [0, 0.1) is 0 Å². The predicted octanol–water partition coefficient (Wildman–Crippen LogP) is 3.90. The molecule has 1 unspecified atom stereocenters. The summed E-state index contributed by atoms with van der Waals surface area (Å²) >= 11 is 3.48. The van der Waals surface area contributed by atoms with Crippen LogP contribution in [-0.2, 0) is 11.0 Å². The number of allylic oxidation sites excluding steroid dienone is 1. The van der Waals surface area contributed by atoms with E-state index in [2.05, 4.69) is 34.6 Å². The average Bonchev–Trinajstić information content (AvgIpc) is 2.28. The van der Waals surface area contributed by atoms with Crippen molar-refractivity contribution in [1.29, 1.82) is 0 Å². The monoisotopic (exact) mass is 329 g/mol. The molecule has 0 bridgehead atoms. The highest BCUT2D eigenvalue weighted by Gasteiger charge is 2.28. The molecule has 0 saturated heterocycles. The Hall–Kier alpha value is -0.450. The second-order valence-electron chi connectivity index (χ2n) is 5.04. The maximum atomic E-state index is 11.6. The van der Waals surface area contributed by atoms with E-state index in [1.54, 1.807) is 0 Å². The van der Waals surface area contributed by atoms with Gasteiger partial charge in [-0.3, -0.25) is 5.14 Å². The molecule has 4 heteroatoms. The number of hydrogen-bond donors (Lipinski definition) is 1. The summed E-state index contributed by atoms with van der Waals surface area (Å²) in [7, 11) is -1.33. The van der Waals surface area contributed by atoms with Crippen molar-refractivity contribution >= 4 is 26.9 Å². The van der Waals surface area contributed by atoms with Gasteiger partial charge in [-0.25, -0.2) is 4.21 Å². The molecular formula is C14H20BrNOS. The molecule has 2 N–H and O–H groups in total. The molecule has 18 heavy (non-hydrogen) atoms. The number of nitrogens with two attached hydrogens (primary N) is 1. The van der Waals surface area contributed by atoms with Crippen LogP contribution in [0.5, 0.6) is 0 Å². The lowest BCUT2D eigenvalue weighted by Gasteiger charge is -2.27. The van der Waals surface area contributed by atoms with Crippen LogP contribution in [0.25, 0.3) is 0 Å². The Balaban J connectivity index is 2.96. The Morgan fingerprint density at radius 2 is 2.22 bits per heavy atom. The normalized spacial score (nSPS) is 15.1. The van der Waals surface area contributed by atoms with E-state index in [0.717, 1.165) is 17.3 Å². The molecule has 0 spiro atoms. The molecule has 0 aliphatic rings. The summed E-state index contributed by atoms with van der Waals surface area (Å²) in [6, 6.07) is 8.21. The number of benzene rings is 1. The minimum atomic E-state index is -1.33. The Labute approximate surface area is 120 Å². The van der Waals surface area contributed by atoms with Crippen LogP contribution in [0.4, 0.5) is 0 Å². The van der Waals surface area contributed by atoms with Gasteiger partial charge >= 0.3 is 0 Å². The Morgan fingerprint density at radius 1 is 1.56 bits per heavy atom. The standard InChI is InChI=1S/C14H20BrNOS/c1-4-6-12(10-14(2,3)18(16)17)11-7-5-8-13(15)9-11/h4-5,7-9,12H,1,6,10,16H2,2-3H3/t12-,18?/m0/s1. The van der Waals surface area contributed by atoms with E-state index in [0.29, 0.717) is 5.92 Å². The van der Waals surface area contributed by atoms with Gasteiger partial charge in [0.15, 0.2) is 0 Å². The van der Waals surface area contributed by atoms with Crippen LogP contribution < -0.4 is 5.14 Å². The molecule has 0 amide bonds. The van der Waals surface area contributed by atoms with E-state index in [9.17, 15) is 4.21 Å². The van der Waals surface area contributed by atoms with Crippen LogP contribution in [0.2, 0.25) is 0 Å².